The lowest BCUT2D eigenvalue weighted by Gasteiger charge is -2.15. The summed E-state index contributed by atoms with van der Waals surface area (Å²) in [6, 6.07) is 17.3. The Morgan fingerprint density at radius 1 is 0.850 bits per heavy atom. The van der Waals surface area contributed by atoms with Crippen LogP contribution in [0.5, 0.6) is 0 Å². The van der Waals surface area contributed by atoms with E-state index in [2.05, 4.69) is 62.4 Å². The summed E-state index contributed by atoms with van der Waals surface area (Å²) in [5.74, 6) is 0.653. The van der Waals surface area contributed by atoms with Crippen LogP contribution >= 0.6 is 0 Å². The van der Waals surface area contributed by atoms with Crippen LogP contribution in [0.1, 0.15) is 31.4 Å². The SMILES string of the molecule is CC(C)Cc1ccccc1-c1ccccc1CCCO. The molecule has 0 heterocycles. The second-order valence-electron chi connectivity index (χ2n) is 5.74. The molecular weight excluding hydrogens is 244 g/mol. The Morgan fingerprint density at radius 2 is 1.40 bits per heavy atom. The van der Waals surface area contributed by atoms with Gasteiger partial charge in [0.1, 0.15) is 0 Å². The number of aryl methyl sites for hydroxylation is 1. The van der Waals surface area contributed by atoms with Gasteiger partial charge in [0, 0.05) is 6.61 Å². The largest absolute Gasteiger partial charge is 0.396 e. The van der Waals surface area contributed by atoms with E-state index in [1.54, 1.807) is 0 Å². The second-order valence-corrected chi connectivity index (χ2v) is 5.74. The van der Waals surface area contributed by atoms with Crippen molar-refractivity contribution in [2.75, 3.05) is 6.61 Å². The highest BCUT2D eigenvalue weighted by atomic mass is 16.2. The summed E-state index contributed by atoms with van der Waals surface area (Å²) < 4.78 is 0. The molecule has 0 fully saturated rings. The predicted octanol–water partition coefficient (Wildman–Crippen LogP) is 4.48. The number of hydrogen-bond acceptors (Lipinski definition) is 1. The van der Waals surface area contributed by atoms with Crippen LogP contribution in [0.4, 0.5) is 0 Å². The summed E-state index contributed by atoms with van der Waals surface area (Å²) in [4.78, 5) is 0. The van der Waals surface area contributed by atoms with Crippen LogP contribution in [0.15, 0.2) is 48.5 Å². The zero-order chi connectivity index (χ0) is 14.4. The van der Waals surface area contributed by atoms with E-state index in [9.17, 15) is 0 Å². The Bertz CT molecular complexity index is 543. The molecule has 0 spiro atoms. The minimum Gasteiger partial charge on any atom is -0.396 e. The molecule has 0 aliphatic carbocycles. The Labute approximate surface area is 122 Å². The number of hydrogen-bond donors (Lipinski definition) is 1. The van der Waals surface area contributed by atoms with Crippen molar-refractivity contribution >= 4 is 0 Å². The molecule has 0 bridgehead atoms. The Hall–Kier alpha value is -1.60. The van der Waals surface area contributed by atoms with Crippen LogP contribution in [0.3, 0.4) is 0 Å². The molecule has 0 aromatic heterocycles. The molecule has 20 heavy (non-hydrogen) atoms. The van der Waals surface area contributed by atoms with Crippen LogP contribution < -0.4 is 0 Å². The summed E-state index contributed by atoms with van der Waals surface area (Å²) in [6.45, 7) is 4.77. The van der Waals surface area contributed by atoms with Crippen molar-refractivity contribution in [2.24, 2.45) is 5.92 Å². The fourth-order valence-electron chi connectivity index (χ4n) is 2.67. The molecule has 1 nitrogen and oxygen atoms in total. The normalized spacial score (nSPS) is 11.0. The summed E-state index contributed by atoms with van der Waals surface area (Å²) in [5, 5.41) is 9.06. The van der Waals surface area contributed by atoms with Gasteiger partial charge in [0.15, 0.2) is 0 Å². The monoisotopic (exact) mass is 268 g/mol. The third-order valence-electron chi connectivity index (χ3n) is 3.56. The van der Waals surface area contributed by atoms with Crippen molar-refractivity contribution in [2.45, 2.75) is 33.1 Å². The van der Waals surface area contributed by atoms with Crippen LogP contribution in [0.2, 0.25) is 0 Å². The standard InChI is InChI=1S/C19H24O/c1-15(2)14-17-9-4-6-12-19(17)18-11-5-3-8-16(18)10-7-13-20/h3-6,8-9,11-12,15,20H,7,10,13-14H2,1-2H3. The molecule has 0 radical (unpaired) electrons. The van der Waals surface area contributed by atoms with Gasteiger partial charge in [-0.25, -0.2) is 0 Å². The molecule has 0 aliphatic rings. The molecule has 2 aromatic carbocycles. The van der Waals surface area contributed by atoms with E-state index in [0.717, 1.165) is 19.3 Å². The van der Waals surface area contributed by atoms with Crippen LogP contribution in [-0.2, 0) is 12.8 Å². The minimum atomic E-state index is 0.252. The summed E-state index contributed by atoms with van der Waals surface area (Å²) >= 11 is 0. The lowest BCUT2D eigenvalue weighted by molar-refractivity contribution is 0.288. The number of rotatable bonds is 6. The molecule has 0 atom stereocenters. The van der Waals surface area contributed by atoms with Gasteiger partial charge in [-0.1, -0.05) is 62.4 Å². The number of aliphatic hydroxyl groups excluding tert-OH is 1. The summed E-state index contributed by atoms with van der Waals surface area (Å²) in [7, 11) is 0. The van der Waals surface area contributed by atoms with Crippen molar-refractivity contribution in [3.8, 4) is 11.1 Å². The lowest BCUT2D eigenvalue weighted by Crippen LogP contribution is -1.99. The first-order chi connectivity index (χ1) is 9.72. The van der Waals surface area contributed by atoms with Crippen LogP contribution in [0, 0.1) is 5.92 Å². The molecule has 106 valence electrons. The van der Waals surface area contributed by atoms with Crippen LogP contribution in [0.25, 0.3) is 11.1 Å². The Balaban J connectivity index is 2.40. The molecule has 0 aliphatic heterocycles. The molecule has 2 rings (SSSR count). The molecule has 0 amide bonds. The number of aliphatic hydroxyl groups is 1. The first-order valence-corrected chi connectivity index (χ1v) is 7.49. The van der Waals surface area contributed by atoms with Gasteiger partial charge < -0.3 is 5.11 Å². The average Bonchev–Trinajstić information content (AvgIpc) is 2.45. The van der Waals surface area contributed by atoms with E-state index >= 15 is 0 Å². The van der Waals surface area contributed by atoms with E-state index in [1.165, 1.54) is 22.3 Å². The highest BCUT2D eigenvalue weighted by molar-refractivity contribution is 5.70. The average molecular weight is 268 g/mol. The minimum absolute atomic E-state index is 0.252. The maximum absolute atomic E-state index is 9.06. The van der Waals surface area contributed by atoms with E-state index in [1.807, 2.05) is 0 Å². The van der Waals surface area contributed by atoms with Gasteiger partial charge in [0.2, 0.25) is 0 Å². The van der Waals surface area contributed by atoms with Crippen molar-refractivity contribution in [1.82, 2.24) is 0 Å². The van der Waals surface area contributed by atoms with Crippen molar-refractivity contribution in [3.63, 3.8) is 0 Å². The quantitative estimate of drug-likeness (QED) is 0.819. The van der Waals surface area contributed by atoms with E-state index in [-0.39, 0.29) is 6.61 Å². The van der Waals surface area contributed by atoms with E-state index in [4.69, 9.17) is 5.11 Å². The highest BCUT2D eigenvalue weighted by Crippen LogP contribution is 2.29. The van der Waals surface area contributed by atoms with Gasteiger partial charge in [-0.05, 0) is 47.4 Å². The second kappa shape index (κ2) is 7.25. The fraction of sp³-hybridized carbons (Fsp3) is 0.368. The third-order valence-corrected chi connectivity index (χ3v) is 3.56. The maximum Gasteiger partial charge on any atom is 0.0434 e. The van der Waals surface area contributed by atoms with E-state index < -0.39 is 0 Å². The highest BCUT2D eigenvalue weighted by Gasteiger charge is 2.09. The van der Waals surface area contributed by atoms with Crippen molar-refractivity contribution in [1.29, 1.82) is 0 Å². The predicted molar refractivity (Wildman–Crippen MR) is 85.8 cm³/mol. The lowest BCUT2D eigenvalue weighted by atomic mass is 9.90. The first kappa shape index (κ1) is 14.8. The smallest absolute Gasteiger partial charge is 0.0434 e. The van der Waals surface area contributed by atoms with Crippen molar-refractivity contribution in [3.05, 3.63) is 59.7 Å². The van der Waals surface area contributed by atoms with Gasteiger partial charge >= 0.3 is 0 Å². The first-order valence-electron chi connectivity index (χ1n) is 7.49. The van der Waals surface area contributed by atoms with Gasteiger partial charge in [-0.3, -0.25) is 0 Å². The molecule has 1 heteroatoms. The topological polar surface area (TPSA) is 20.2 Å². The zero-order valence-electron chi connectivity index (χ0n) is 12.5. The molecule has 0 unspecified atom stereocenters. The third kappa shape index (κ3) is 3.71. The van der Waals surface area contributed by atoms with Crippen molar-refractivity contribution < 1.29 is 5.11 Å². The van der Waals surface area contributed by atoms with Gasteiger partial charge in [0.25, 0.3) is 0 Å². The summed E-state index contributed by atoms with van der Waals surface area (Å²) in [6.07, 6.45) is 2.86. The maximum atomic E-state index is 9.06. The van der Waals surface area contributed by atoms with E-state index in [0.29, 0.717) is 5.92 Å². The van der Waals surface area contributed by atoms with Gasteiger partial charge in [-0.2, -0.15) is 0 Å². The molecule has 0 saturated carbocycles. The fourth-order valence-corrected chi connectivity index (χ4v) is 2.67. The molecule has 2 aromatic rings. The zero-order valence-corrected chi connectivity index (χ0v) is 12.5. The molecule has 0 saturated heterocycles. The van der Waals surface area contributed by atoms with Gasteiger partial charge in [0.05, 0.1) is 0 Å². The molecule has 1 N–H and O–H groups in total. The summed E-state index contributed by atoms with van der Waals surface area (Å²) in [5.41, 5.74) is 5.41. The molecular formula is C19H24O. The van der Waals surface area contributed by atoms with Crippen LogP contribution in [-0.4, -0.2) is 11.7 Å². The number of benzene rings is 2. The Kier molecular flexibility index (Phi) is 5.37. The Morgan fingerprint density at radius 3 is 2.00 bits per heavy atom. The van der Waals surface area contributed by atoms with Gasteiger partial charge in [-0.15, -0.1) is 0 Å².